The van der Waals surface area contributed by atoms with Crippen molar-refractivity contribution in [1.29, 1.82) is 0 Å². The molecule has 0 aliphatic heterocycles. The van der Waals surface area contributed by atoms with Gasteiger partial charge in [-0.2, -0.15) is 0 Å². The molecule has 132 valence electrons. The Balaban J connectivity index is 1.83. The van der Waals surface area contributed by atoms with Crippen LogP contribution in [0.5, 0.6) is 0 Å². The molecule has 25 heavy (non-hydrogen) atoms. The number of carbonyl (C=O) groups excluding carboxylic acids is 2. The Morgan fingerprint density at radius 1 is 1.28 bits per heavy atom. The standard InChI is InChI=1S/C19H23N3O2S/c1-12(2)17(23)22-19-16(14-7-3-4-8-15(14)25-19)18(24)21-11-13-6-5-9-20-10-13/h5-6,9-10,12H,3-4,7-8,11H2,1-2H3,(H,21,24)(H,22,23). The van der Waals surface area contributed by atoms with Gasteiger partial charge in [-0.25, -0.2) is 0 Å². The van der Waals surface area contributed by atoms with Gasteiger partial charge in [-0.3, -0.25) is 14.6 Å². The molecule has 0 bridgehead atoms. The van der Waals surface area contributed by atoms with Crippen molar-refractivity contribution in [2.24, 2.45) is 5.92 Å². The molecule has 0 unspecified atom stereocenters. The number of anilines is 1. The number of hydrogen-bond donors (Lipinski definition) is 2. The number of thiophene rings is 1. The van der Waals surface area contributed by atoms with E-state index in [4.69, 9.17) is 0 Å². The Bertz CT molecular complexity index is 768. The number of carbonyl (C=O) groups is 2. The Kier molecular flexibility index (Phi) is 5.48. The van der Waals surface area contributed by atoms with Crippen LogP contribution in [-0.4, -0.2) is 16.8 Å². The summed E-state index contributed by atoms with van der Waals surface area (Å²) in [6.45, 7) is 4.13. The topological polar surface area (TPSA) is 71.1 Å². The Morgan fingerprint density at radius 2 is 2.08 bits per heavy atom. The minimum Gasteiger partial charge on any atom is -0.348 e. The molecular formula is C19H23N3O2S. The van der Waals surface area contributed by atoms with Crippen LogP contribution in [0.3, 0.4) is 0 Å². The summed E-state index contributed by atoms with van der Waals surface area (Å²) >= 11 is 1.55. The Hall–Kier alpha value is -2.21. The van der Waals surface area contributed by atoms with Crippen molar-refractivity contribution in [3.05, 3.63) is 46.1 Å². The predicted molar refractivity (Wildman–Crippen MR) is 99.8 cm³/mol. The lowest BCUT2D eigenvalue weighted by atomic mass is 9.95. The molecule has 2 N–H and O–H groups in total. The first-order valence-corrected chi connectivity index (χ1v) is 9.50. The summed E-state index contributed by atoms with van der Waals surface area (Å²) < 4.78 is 0. The van der Waals surface area contributed by atoms with Crippen molar-refractivity contribution in [1.82, 2.24) is 10.3 Å². The van der Waals surface area contributed by atoms with Crippen molar-refractivity contribution in [2.75, 3.05) is 5.32 Å². The zero-order valence-corrected chi connectivity index (χ0v) is 15.4. The van der Waals surface area contributed by atoms with Crippen molar-refractivity contribution in [3.8, 4) is 0 Å². The average molecular weight is 357 g/mol. The van der Waals surface area contributed by atoms with E-state index in [1.165, 1.54) is 4.88 Å². The van der Waals surface area contributed by atoms with E-state index in [-0.39, 0.29) is 17.7 Å². The number of nitrogens with zero attached hydrogens (tertiary/aromatic N) is 1. The number of aromatic nitrogens is 1. The third-order valence-electron chi connectivity index (χ3n) is 4.34. The lowest BCUT2D eigenvalue weighted by molar-refractivity contribution is -0.118. The quantitative estimate of drug-likeness (QED) is 0.860. The summed E-state index contributed by atoms with van der Waals surface area (Å²) in [5.74, 6) is -0.298. The van der Waals surface area contributed by atoms with E-state index < -0.39 is 0 Å². The lowest BCUT2D eigenvalue weighted by Crippen LogP contribution is -2.26. The summed E-state index contributed by atoms with van der Waals surface area (Å²) in [6, 6.07) is 3.78. The van der Waals surface area contributed by atoms with E-state index in [2.05, 4.69) is 15.6 Å². The molecule has 0 radical (unpaired) electrons. The van der Waals surface area contributed by atoms with Crippen LogP contribution in [0.4, 0.5) is 5.00 Å². The molecule has 0 fully saturated rings. The van der Waals surface area contributed by atoms with Crippen LogP contribution in [0.1, 0.15) is 53.1 Å². The molecule has 1 aliphatic carbocycles. The van der Waals surface area contributed by atoms with Crippen molar-refractivity contribution < 1.29 is 9.59 Å². The third-order valence-corrected chi connectivity index (χ3v) is 5.54. The zero-order valence-electron chi connectivity index (χ0n) is 14.6. The second-order valence-corrected chi connectivity index (χ2v) is 7.71. The minimum atomic E-state index is -0.123. The summed E-state index contributed by atoms with van der Waals surface area (Å²) in [6.07, 6.45) is 7.57. The van der Waals surface area contributed by atoms with Crippen molar-refractivity contribution in [3.63, 3.8) is 0 Å². The molecule has 2 heterocycles. The van der Waals surface area contributed by atoms with Gasteiger partial charge in [0.05, 0.1) is 5.56 Å². The van der Waals surface area contributed by atoms with Gasteiger partial charge in [-0.1, -0.05) is 19.9 Å². The van der Waals surface area contributed by atoms with E-state index in [0.717, 1.165) is 36.8 Å². The molecule has 0 aromatic carbocycles. The first-order valence-electron chi connectivity index (χ1n) is 8.68. The van der Waals surface area contributed by atoms with Crippen LogP contribution in [0.25, 0.3) is 0 Å². The maximum absolute atomic E-state index is 12.8. The normalized spacial score (nSPS) is 13.4. The number of nitrogens with one attached hydrogen (secondary N) is 2. The SMILES string of the molecule is CC(C)C(=O)Nc1sc2c(c1C(=O)NCc1cccnc1)CCCC2. The number of fused-ring (bicyclic) bond motifs is 1. The molecule has 2 aromatic heterocycles. The molecular weight excluding hydrogens is 334 g/mol. The van der Waals surface area contributed by atoms with E-state index in [0.29, 0.717) is 17.1 Å². The first-order chi connectivity index (χ1) is 12.1. The zero-order chi connectivity index (χ0) is 17.8. The summed E-state index contributed by atoms with van der Waals surface area (Å²) in [4.78, 5) is 30.3. The van der Waals surface area contributed by atoms with Crippen LogP contribution >= 0.6 is 11.3 Å². The minimum absolute atomic E-state index is 0.0556. The fourth-order valence-electron chi connectivity index (χ4n) is 2.92. The lowest BCUT2D eigenvalue weighted by Gasteiger charge is -2.13. The van der Waals surface area contributed by atoms with Crippen LogP contribution in [-0.2, 0) is 24.2 Å². The highest BCUT2D eigenvalue weighted by atomic mass is 32.1. The van der Waals surface area contributed by atoms with E-state index in [9.17, 15) is 9.59 Å². The van der Waals surface area contributed by atoms with Crippen molar-refractivity contribution in [2.45, 2.75) is 46.1 Å². The van der Waals surface area contributed by atoms with Gasteiger partial charge in [-0.05, 0) is 42.9 Å². The number of amides is 2. The van der Waals surface area contributed by atoms with Gasteiger partial charge in [0.1, 0.15) is 5.00 Å². The van der Waals surface area contributed by atoms with Crippen LogP contribution < -0.4 is 10.6 Å². The molecule has 2 aromatic rings. The molecule has 3 rings (SSSR count). The van der Waals surface area contributed by atoms with Gasteiger partial charge in [-0.15, -0.1) is 11.3 Å². The van der Waals surface area contributed by atoms with Gasteiger partial charge in [0, 0.05) is 29.7 Å². The van der Waals surface area contributed by atoms with Gasteiger partial charge in [0.25, 0.3) is 5.91 Å². The second-order valence-electron chi connectivity index (χ2n) is 6.60. The molecule has 0 atom stereocenters. The highest BCUT2D eigenvalue weighted by Gasteiger charge is 2.26. The van der Waals surface area contributed by atoms with Gasteiger partial charge in [0.15, 0.2) is 0 Å². The van der Waals surface area contributed by atoms with Crippen LogP contribution in [0.15, 0.2) is 24.5 Å². The Morgan fingerprint density at radius 3 is 2.80 bits per heavy atom. The molecule has 5 nitrogen and oxygen atoms in total. The number of aryl methyl sites for hydroxylation is 1. The fourth-order valence-corrected chi connectivity index (χ4v) is 4.21. The van der Waals surface area contributed by atoms with E-state index in [1.54, 1.807) is 23.7 Å². The highest BCUT2D eigenvalue weighted by Crippen LogP contribution is 2.38. The van der Waals surface area contributed by atoms with Gasteiger partial charge >= 0.3 is 0 Å². The molecule has 6 heteroatoms. The van der Waals surface area contributed by atoms with Crippen LogP contribution in [0.2, 0.25) is 0 Å². The first kappa shape index (κ1) is 17.6. The number of pyridine rings is 1. The molecule has 2 amide bonds. The largest absolute Gasteiger partial charge is 0.348 e. The molecule has 1 aliphatic rings. The highest BCUT2D eigenvalue weighted by molar-refractivity contribution is 7.17. The van der Waals surface area contributed by atoms with Gasteiger partial charge < -0.3 is 10.6 Å². The maximum atomic E-state index is 12.8. The molecule has 0 saturated carbocycles. The number of hydrogen-bond acceptors (Lipinski definition) is 4. The van der Waals surface area contributed by atoms with Crippen LogP contribution in [0, 0.1) is 5.92 Å². The smallest absolute Gasteiger partial charge is 0.254 e. The number of rotatable bonds is 5. The monoisotopic (exact) mass is 357 g/mol. The van der Waals surface area contributed by atoms with Crippen molar-refractivity contribution >= 4 is 28.2 Å². The Labute approximate surface area is 151 Å². The fraction of sp³-hybridized carbons (Fsp3) is 0.421. The predicted octanol–water partition coefficient (Wildman–Crippen LogP) is 3.55. The molecule has 0 spiro atoms. The third kappa shape index (κ3) is 4.07. The average Bonchev–Trinajstić information content (AvgIpc) is 2.98. The second kappa shape index (κ2) is 7.78. The van der Waals surface area contributed by atoms with E-state index >= 15 is 0 Å². The summed E-state index contributed by atoms with van der Waals surface area (Å²) in [5.41, 5.74) is 2.71. The van der Waals surface area contributed by atoms with Gasteiger partial charge in [0.2, 0.25) is 5.91 Å². The summed E-state index contributed by atoms with van der Waals surface area (Å²) in [5, 5.41) is 6.61. The van der Waals surface area contributed by atoms with E-state index in [1.807, 2.05) is 26.0 Å². The molecule has 0 saturated heterocycles. The maximum Gasteiger partial charge on any atom is 0.254 e. The summed E-state index contributed by atoms with van der Waals surface area (Å²) in [7, 11) is 0.